The van der Waals surface area contributed by atoms with Crippen molar-refractivity contribution in [2.24, 2.45) is 0 Å². The fourth-order valence-corrected chi connectivity index (χ4v) is 4.48. The third-order valence-corrected chi connectivity index (χ3v) is 5.84. The number of hydrogen-bond acceptors (Lipinski definition) is 2. The van der Waals surface area contributed by atoms with E-state index >= 15 is 0 Å². The summed E-state index contributed by atoms with van der Waals surface area (Å²) >= 11 is 0. The first-order valence-electron chi connectivity index (χ1n) is 6.92. The molecule has 21 heavy (non-hydrogen) atoms. The molecule has 0 fully saturated rings. The van der Waals surface area contributed by atoms with Crippen molar-refractivity contribution in [1.82, 2.24) is 3.97 Å². The minimum Gasteiger partial charge on any atom is -0.238 e. The topological polar surface area (TPSA) is 39.1 Å². The Bertz CT molecular complexity index is 889. The molecular weight excluding hydrogens is 281 g/mol. The first-order chi connectivity index (χ1) is 9.93. The fraction of sp³-hybridized carbons (Fsp3) is 0.250. The zero-order valence-corrected chi connectivity index (χ0v) is 12.9. The molecule has 1 aromatic carbocycles. The highest BCUT2D eigenvalue weighted by Gasteiger charge is 2.24. The summed E-state index contributed by atoms with van der Waals surface area (Å²) in [5.41, 5.74) is 2.99. The lowest BCUT2D eigenvalue weighted by atomic mass is 9.94. The SMILES string of the molecule is [B]c1ccc2c(c1)c(C)c(C)n2S(=O)(=O)C1=CCCC=C1. The number of nitrogens with zero attached hydrogens (tertiary/aromatic N) is 1. The molecule has 5 heteroatoms. The number of allylic oxidation sites excluding steroid dienone is 3. The zero-order chi connectivity index (χ0) is 15.2. The van der Waals surface area contributed by atoms with E-state index < -0.39 is 10.0 Å². The second-order valence-electron chi connectivity index (χ2n) is 5.34. The Morgan fingerprint density at radius 1 is 1.19 bits per heavy atom. The number of aryl methyl sites for hydroxylation is 1. The lowest BCUT2D eigenvalue weighted by Crippen LogP contribution is -2.16. The van der Waals surface area contributed by atoms with Gasteiger partial charge in [-0.2, -0.15) is 0 Å². The normalized spacial score (nSPS) is 15.4. The van der Waals surface area contributed by atoms with Gasteiger partial charge in [0, 0.05) is 11.1 Å². The van der Waals surface area contributed by atoms with Gasteiger partial charge in [-0.25, -0.2) is 12.4 Å². The Labute approximate surface area is 126 Å². The van der Waals surface area contributed by atoms with E-state index in [0.29, 0.717) is 15.9 Å². The maximum absolute atomic E-state index is 12.9. The van der Waals surface area contributed by atoms with Gasteiger partial charge in [-0.1, -0.05) is 29.7 Å². The maximum atomic E-state index is 12.9. The van der Waals surface area contributed by atoms with Crippen molar-refractivity contribution < 1.29 is 8.42 Å². The molecule has 0 saturated heterocycles. The minimum atomic E-state index is -3.56. The predicted octanol–water partition coefficient (Wildman–Crippen LogP) is 2.46. The van der Waals surface area contributed by atoms with Gasteiger partial charge >= 0.3 is 0 Å². The van der Waals surface area contributed by atoms with Gasteiger partial charge in [-0.3, -0.25) is 0 Å². The molecule has 106 valence electrons. The van der Waals surface area contributed by atoms with Crippen LogP contribution in [0.3, 0.4) is 0 Å². The minimum absolute atomic E-state index is 0.366. The van der Waals surface area contributed by atoms with Crippen LogP contribution in [-0.2, 0) is 10.0 Å². The summed E-state index contributed by atoms with van der Waals surface area (Å²) in [7, 11) is 2.26. The van der Waals surface area contributed by atoms with Crippen LogP contribution in [0.25, 0.3) is 10.9 Å². The van der Waals surface area contributed by atoms with Crippen molar-refractivity contribution in [1.29, 1.82) is 0 Å². The van der Waals surface area contributed by atoms with Gasteiger partial charge < -0.3 is 0 Å². The van der Waals surface area contributed by atoms with Crippen molar-refractivity contribution in [3.63, 3.8) is 0 Å². The Morgan fingerprint density at radius 3 is 2.62 bits per heavy atom. The lowest BCUT2D eigenvalue weighted by Gasteiger charge is -2.13. The Morgan fingerprint density at radius 2 is 1.95 bits per heavy atom. The highest BCUT2D eigenvalue weighted by Crippen LogP contribution is 2.29. The second kappa shape index (κ2) is 4.91. The highest BCUT2D eigenvalue weighted by atomic mass is 32.2. The van der Waals surface area contributed by atoms with Crippen LogP contribution < -0.4 is 5.46 Å². The van der Waals surface area contributed by atoms with Crippen LogP contribution >= 0.6 is 0 Å². The molecular formula is C16H16BNO2S. The Hall–Kier alpha value is -1.75. The quantitative estimate of drug-likeness (QED) is 0.799. The summed E-state index contributed by atoms with van der Waals surface area (Å²) in [6, 6.07) is 5.34. The van der Waals surface area contributed by atoms with Crippen LogP contribution in [0.2, 0.25) is 0 Å². The molecule has 0 aliphatic heterocycles. The third kappa shape index (κ3) is 2.16. The first-order valence-corrected chi connectivity index (χ1v) is 8.36. The number of rotatable bonds is 2. The van der Waals surface area contributed by atoms with E-state index in [0.717, 1.165) is 29.5 Å². The number of aromatic nitrogens is 1. The molecule has 0 bridgehead atoms. The van der Waals surface area contributed by atoms with Crippen molar-refractivity contribution in [2.45, 2.75) is 26.7 Å². The summed E-state index contributed by atoms with van der Waals surface area (Å²) in [6.07, 6.45) is 7.03. The van der Waals surface area contributed by atoms with Gasteiger partial charge in [0.2, 0.25) is 0 Å². The van der Waals surface area contributed by atoms with Gasteiger partial charge in [-0.05, 0) is 44.4 Å². The molecule has 2 radical (unpaired) electrons. The second-order valence-corrected chi connectivity index (χ2v) is 7.13. The van der Waals surface area contributed by atoms with E-state index in [1.165, 1.54) is 3.97 Å². The van der Waals surface area contributed by atoms with Crippen LogP contribution in [0.1, 0.15) is 24.1 Å². The van der Waals surface area contributed by atoms with Gasteiger partial charge in [0.1, 0.15) is 7.85 Å². The van der Waals surface area contributed by atoms with E-state index in [1.54, 1.807) is 24.3 Å². The van der Waals surface area contributed by atoms with Gasteiger partial charge in [-0.15, -0.1) is 0 Å². The molecule has 3 rings (SSSR count). The van der Waals surface area contributed by atoms with Crippen LogP contribution in [0.4, 0.5) is 0 Å². The zero-order valence-electron chi connectivity index (χ0n) is 12.1. The molecule has 2 aromatic rings. The number of fused-ring (bicyclic) bond motifs is 1. The van der Waals surface area contributed by atoms with E-state index in [4.69, 9.17) is 7.85 Å². The summed E-state index contributed by atoms with van der Waals surface area (Å²) < 4.78 is 27.3. The van der Waals surface area contributed by atoms with Gasteiger partial charge in [0.05, 0.1) is 10.4 Å². The van der Waals surface area contributed by atoms with Crippen LogP contribution in [0.15, 0.2) is 41.3 Å². The predicted molar refractivity (Wildman–Crippen MR) is 87.6 cm³/mol. The first kappa shape index (κ1) is 14.2. The standard InChI is InChI=1S/C16H16BNO2S/c1-11-12(2)18(16-9-8-13(17)10-15(11)16)21(19,20)14-6-4-3-5-7-14/h4,6-10H,3,5H2,1-2H3. The van der Waals surface area contributed by atoms with Crippen molar-refractivity contribution in [3.8, 4) is 0 Å². The van der Waals surface area contributed by atoms with Crippen LogP contribution in [-0.4, -0.2) is 20.2 Å². The highest BCUT2D eigenvalue weighted by molar-refractivity contribution is 7.94. The molecule has 0 amide bonds. The molecule has 1 heterocycles. The van der Waals surface area contributed by atoms with Gasteiger partial charge in [0.25, 0.3) is 10.0 Å². The molecule has 0 spiro atoms. The average molecular weight is 297 g/mol. The molecule has 0 saturated carbocycles. The Balaban J connectivity index is 2.33. The molecule has 3 nitrogen and oxygen atoms in total. The lowest BCUT2D eigenvalue weighted by molar-refractivity contribution is 0.594. The van der Waals surface area contributed by atoms with E-state index in [9.17, 15) is 8.42 Å². The molecule has 0 N–H and O–H groups in total. The molecule has 1 aliphatic carbocycles. The van der Waals surface area contributed by atoms with Crippen LogP contribution in [0, 0.1) is 13.8 Å². The summed E-state index contributed by atoms with van der Waals surface area (Å²) in [5.74, 6) is 0. The molecule has 1 aliphatic rings. The summed E-state index contributed by atoms with van der Waals surface area (Å²) in [6.45, 7) is 3.75. The molecule has 0 atom stereocenters. The van der Waals surface area contributed by atoms with Crippen LogP contribution in [0.5, 0.6) is 0 Å². The fourth-order valence-electron chi connectivity index (χ4n) is 2.75. The largest absolute Gasteiger partial charge is 0.268 e. The maximum Gasteiger partial charge on any atom is 0.268 e. The Kier molecular flexibility index (Phi) is 3.32. The van der Waals surface area contributed by atoms with Crippen molar-refractivity contribution >= 4 is 34.2 Å². The van der Waals surface area contributed by atoms with E-state index in [2.05, 4.69) is 0 Å². The number of benzene rings is 1. The van der Waals surface area contributed by atoms with Crippen molar-refractivity contribution in [3.05, 3.63) is 52.6 Å². The van der Waals surface area contributed by atoms with E-state index in [1.807, 2.05) is 26.0 Å². The summed E-state index contributed by atoms with van der Waals surface area (Å²) in [5, 5.41) is 0.886. The summed E-state index contributed by atoms with van der Waals surface area (Å²) in [4.78, 5) is 0.366. The monoisotopic (exact) mass is 297 g/mol. The van der Waals surface area contributed by atoms with Crippen molar-refractivity contribution in [2.75, 3.05) is 0 Å². The smallest absolute Gasteiger partial charge is 0.238 e. The van der Waals surface area contributed by atoms with E-state index in [-0.39, 0.29) is 0 Å². The molecule has 1 aromatic heterocycles. The molecule has 0 unspecified atom stereocenters. The van der Waals surface area contributed by atoms with Gasteiger partial charge in [0.15, 0.2) is 0 Å². The number of hydrogen-bond donors (Lipinski definition) is 0. The third-order valence-electron chi connectivity index (χ3n) is 3.99. The average Bonchev–Trinajstić information content (AvgIpc) is 2.72.